The largest absolute Gasteiger partial charge is 0.472 e. The molecule has 3 unspecified atom stereocenters. The van der Waals surface area contributed by atoms with Crippen molar-refractivity contribution in [3.8, 4) is 0 Å². The number of hydrogen-bond acceptors (Lipinski definition) is 6. The summed E-state index contributed by atoms with van der Waals surface area (Å²) in [6.07, 6.45) is 65.6. The first-order valence-corrected chi connectivity index (χ1v) is 33.3. The van der Waals surface area contributed by atoms with Gasteiger partial charge in [0, 0.05) is 12.8 Å². The van der Waals surface area contributed by atoms with Crippen molar-refractivity contribution in [3.05, 3.63) is 36.5 Å². The van der Waals surface area contributed by atoms with Crippen molar-refractivity contribution in [3.63, 3.8) is 0 Å². The van der Waals surface area contributed by atoms with E-state index in [0.29, 0.717) is 23.9 Å². The molecule has 3 atom stereocenters. The molecule has 0 rings (SSSR count). The van der Waals surface area contributed by atoms with E-state index in [1.165, 1.54) is 212 Å². The van der Waals surface area contributed by atoms with Gasteiger partial charge in [-0.1, -0.05) is 269 Å². The Balaban J connectivity index is 5.21. The van der Waals surface area contributed by atoms with E-state index in [0.717, 1.165) is 64.2 Å². The van der Waals surface area contributed by atoms with E-state index in [1.807, 2.05) is 33.3 Å². The third kappa shape index (κ3) is 55.0. The van der Waals surface area contributed by atoms with Crippen molar-refractivity contribution in [2.75, 3.05) is 40.9 Å². The zero-order valence-corrected chi connectivity index (χ0v) is 50.7. The summed E-state index contributed by atoms with van der Waals surface area (Å²) >= 11 is 0. The number of likely N-dealkylation sites (N-methyl/N-ethyl adjacent to an activating group) is 1. The number of phosphoric acid groups is 1. The van der Waals surface area contributed by atoms with Crippen LogP contribution in [-0.4, -0.2) is 74.3 Å². The number of unbranched alkanes of at least 4 members (excludes halogenated alkanes) is 38. The van der Waals surface area contributed by atoms with E-state index in [2.05, 4.69) is 50.4 Å². The number of rotatable bonds is 58. The van der Waals surface area contributed by atoms with Crippen molar-refractivity contribution in [2.24, 2.45) is 0 Å². The van der Waals surface area contributed by atoms with Crippen LogP contribution in [0.1, 0.15) is 310 Å². The number of ether oxygens (including phenoxy) is 1. The smallest absolute Gasteiger partial charge is 0.456 e. The fourth-order valence-corrected chi connectivity index (χ4v) is 10.1. The Morgan fingerprint density at radius 1 is 0.473 bits per heavy atom. The molecule has 2 N–H and O–H groups in total. The summed E-state index contributed by atoms with van der Waals surface area (Å²) in [6, 6.07) is -0.844. The van der Waals surface area contributed by atoms with Gasteiger partial charge >= 0.3 is 13.8 Å². The Bertz CT molecular complexity index is 1360. The standard InChI is InChI=1S/C64H123N2O7P/c1-7-10-13-16-19-22-25-28-30-31-32-33-34-35-36-39-42-45-48-51-54-57-64(68)73-62(55-52-49-46-43-40-37-27-24-21-18-15-12-9-3)61(60-72-74(69,70)71-59-58-66(4,5)6)65-63(67)56-53-50-47-44-41-38-29-26-23-20-17-14-11-8-2/h19,22,28,30,52,55,61-62H,7-18,20-21,23-27,29,31-51,53-54,56-60H2,1-6H3,(H-,65,67,69,70)/p+1/b22-19-,30-28-,55-52+. The average Bonchev–Trinajstić information content (AvgIpc) is 3.36. The molecule has 0 bridgehead atoms. The molecule has 0 saturated carbocycles. The fraction of sp³-hybridized carbons (Fsp3) is 0.875. The molecule has 74 heavy (non-hydrogen) atoms. The summed E-state index contributed by atoms with van der Waals surface area (Å²) in [5.41, 5.74) is 0. The van der Waals surface area contributed by atoms with Gasteiger partial charge in [-0.15, -0.1) is 0 Å². The zero-order chi connectivity index (χ0) is 54.3. The van der Waals surface area contributed by atoms with Crippen LogP contribution < -0.4 is 5.32 Å². The third-order valence-corrected chi connectivity index (χ3v) is 15.3. The lowest BCUT2D eigenvalue weighted by Gasteiger charge is -2.27. The van der Waals surface area contributed by atoms with Crippen molar-refractivity contribution in [1.29, 1.82) is 0 Å². The SMILES string of the molecule is CCCCC/C=C\C/C=C\CCCCCCCCCCCCCC(=O)OC(/C=C/CCCCCCCCCCCCC)C(COP(=O)(O)OCC[N+](C)(C)C)NC(=O)CCCCCCCCCCCCCCCC. The van der Waals surface area contributed by atoms with Crippen molar-refractivity contribution >= 4 is 19.7 Å². The van der Waals surface area contributed by atoms with Crippen LogP contribution >= 0.6 is 7.82 Å². The number of phosphoric ester groups is 1. The first-order valence-electron chi connectivity index (χ1n) is 31.8. The molecule has 0 aliphatic heterocycles. The normalized spacial score (nSPS) is 13.9. The van der Waals surface area contributed by atoms with E-state index < -0.39 is 20.0 Å². The lowest BCUT2D eigenvalue weighted by Crippen LogP contribution is -2.47. The number of esters is 1. The first kappa shape index (κ1) is 72.2. The van der Waals surface area contributed by atoms with Crippen molar-refractivity contribution in [2.45, 2.75) is 322 Å². The van der Waals surface area contributed by atoms with Crippen LogP contribution in [0.2, 0.25) is 0 Å². The minimum atomic E-state index is -4.44. The van der Waals surface area contributed by atoms with Crippen LogP contribution in [0.15, 0.2) is 36.5 Å². The van der Waals surface area contributed by atoms with Gasteiger partial charge in [-0.3, -0.25) is 18.6 Å². The summed E-state index contributed by atoms with van der Waals surface area (Å²) in [4.78, 5) is 37.7. The van der Waals surface area contributed by atoms with E-state index in [-0.39, 0.29) is 25.1 Å². The van der Waals surface area contributed by atoms with Crippen LogP contribution in [0.5, 0.6) is 0 Å². The second-order valence-electron chi connectivity index (χ2n) is 22.9. The van der Waals surface area contributed by atoms with Crippen LogP contribution in [-0.2, 0) is 27.9 Å². The number of hydrogen-bond donors (Lipinski definition) is 2. The molecule has 0 spiro atoms. The Labute approximate surface area is 459 Å². The Kier molecular flexibility index (Phi) is 53.3. The lowest BCUT2D eigenvalue weighted by atomic mass is 10.0. The number of carbonyl (C=O) groups excluding carboxylic acids is 2. The number of quaternary nitrogens is 1. The van der Waals surface area contributed by atoms with Gasteiger partial charge in [0.15, 0.2) is 0 Å². The molecule has 0 aromatic rings. The van der Waals surface area contributed by atoms with Gasteiger partial charge in [0.05, 0.1) is 33.8 Å². The van der Waals surface area contributed by atoms with Crippen LogP contribution in [0.4, 0.5) is 0 Å². The highest BCUT2D eigenvalue weighted by atomic mass is 31.2. The summed E-state index contributed by atoms with van der Waals surface area (Å²) < 4.78 is 30.7. The highest BCUT2D eigenvalue weighted by molar-refractivity contribution is 7.47. The maximum atomic E-state index is 13.5. The molecule has 0 radical (unpaired) electrons. The van der Waals surface area contributed by atoms with E-state index in [4.69, 9.17) is 13.8 Å². The molecule has 9 nitrogen and oxygen atoms in total. The van der Waals surface area contributed by atoms with Gasteiger partial charge in [-0.05, 0) is 63.9 Å². The molecule has 0 heterocycles. The number of nitrogens with one attached hydrogen (secondary N) is 1. The molecule has 0 aromatic heterocycles. The van der Waals surface area contributed by atoms with Gasteiger partial charge in [-0.25, -0.2) is 4.57 Å². The summed E-state index contributed by atoms with van der Waals surface area (Å²) in [6.45, 7) is 7.03. The second-order valence-corrected chi connectivity index (χ2v) is 24.4. The minimum Gasteiger partial charge on any atom is -0.456 e. The number of amides is 1. The average molecular weight is 1060 g/mol. The predicted octanol–water partition coefficient (Wildman–Crippen LogP) is 19.5. The Morgan fingerprint density at radius 3 is 1.24 bits per heavy atom. The van der Waals surface area contributed by atoms with Crippen molar-refractivity contribution < 1.29 is 37.3 Å². The van der Waals surface area contributed by atoms with Gasteiger partial charge in [0.25, 0.3) is 0 Å². The van der Waals surface area contributed by atoms with E-state index in [1.54, 1.807) is 0 Å². The molecule has 0 aromatic carbocycles. The lowest BCUT2D eigenvalue weighted by molar-refractivity contribution is -0.870. The molecule has 0 aliphatic rings. The molecule has 0 aliphatic carbocycles. The minimum absolute atomic E-state index is 0.0426. The van der Waals surface area contributed by atoms with Gasteiger partial charge in [-0.2, -0.15) is 0 Å². The second kappa shape index (κ2) is 54.6. The third-order valence-electron chi connectivity index (χ3n) is 14.3. The van der Waals surface area contributed by atoms with Crippen LogP contribution in [0.3, 0.4) is 0 Å². The van der Waals surface area contributed by atoms with Gasteiger partial charge < -0.3 is 19.4 Å². The first-order chi connectivity index (χ1) is 35.9. The molecular weight excluding hydrogens is 940 g/mol. The highest BCUT2D eigenvalue weighted by Crippen LogP contribution is 2.43. The van der Waals surface area contributed by atoms with Crippen LogP contribution in [0, 0.1) is 0 Å². The predicted molar refractivity (Wildman–Crippen MR) is 319 cm³/mol. The van der Waals surface area contributed by atoms with Crippen molar-refractivity contribution in [1.82, 2.24) is 5.32 Å². The fourth-order valence-electron chi connectivity index (χ4n) is 9.38. The number of carbonyl (C=O) groups is 2. The molecule has 1 amide bonds. The number of allylic oxidation sites excluding steroid dienone is 5. The van der Waals surface area contributed by atoms with Gasteiger partial charge in [0.1, 0.15) is 19.3 Å². The molecule has 0 saturated heterocycles. The topological polar surface area (TPSA) is 111 Å². The monoisotopic (exact) mass is 1060 g/mol. The summed E-state index contributed by atoms with van der Waals surface area (Å²) in [5.74, 6) is -0.493. The zero-order valence-electron chi connectivity index (χ0n) is 49.9. The maximum absolute atomic E-state index is 13.5. The molecule has 0 fully saturated rings. The Hall–Kier alpha value is -1.77. The van der Waals surface area contributed by atoms with E-state index >= 15 is 0 Å². The van der Waals surface area contributed by atoms with E-state index in [9.17, 15) is 19.0 Å². The molecule has 10 heteroatoms. The molecular formula is C64H124N2O7P+. The molecule has 436 valence electrons. The highest BCUT2D eigenvalue weighted by Gasteiger charge is 2.30. The summed E-state index contributed by atoms with van der Waals surface area (Å²) in [5, 5.41) is 3.06. The van der Waals surface area contributed by atoms with Gasteiger partial charge in [0.2, 0.25) is 5.91 Å². The summed E-state index contributed by atoms with van der Waals surface area (Å²) in [7, 11) is 1.51. The van der Waals surface area contributed by atoms with Crippen LogP contribution in [0.25, 0.3) is 0 Å². The quantitative estimate of drug-likeness (QED) is 0.0205. The number of nitrogens with zero attached hydrogens (tertiary/aromatic N) is 1. The Morgan fingerprint density at radius 2 is 0.824 bits per heavy atom. The maximum Gasteiger partial charge on any atom is 0.472 e.